The molecule has 0 aliphatic carbocycles. The summed E-state index contributed by atoms with van der Waals surface area (Å²) in [7, 11) is 2.14. The normalized spacial score (nSPS) is 9.22. The Bertz CT molecular complexity index is 406. The van der Waals surface area contributed by atoms with E-state index in [2.05, 4.69) is 9.47 Å². The zero-order valence-corrected chi connectivity index (χ0v) is 9.72. The monoisotopic (exact) mass is 262 g/mol. The second kappa shape index (κ2) is 8.13. The van der Waals surface area contributed by atoms with Crippen molar-refractivity contribution in [3.8, 4) is 5.75 Å². The van der Waals surface area contributed by atoms with Crippen LogP contribution in [0.2, 0.25) is 0 Å². The summed E-state index contributed by atoms with van der Waals surface area (Å²) in [4.78, 5) is 21.7. The van der Waals surface area contributed by atoms with E-state index in [1.165, 1.54) is 6.07 Å². The number of alkyl halides is 2. The largest absolute Gasteiger partial charge is 0.465 e. The Labute approximate surface area is 102 Å². The maximum atomic E-state index is 11.9. The number of carbonyl (C=O) groups excluding carboxylic acids is 2. The lowest BCUT2D eigenvalue weighted by Crippen LogP contribution is -2.06. The van der Waals surface area contributed by atoms with E-state index in [-0.39, 0.29) is 16.9 Å². The van der Waals surface area contributed by atoms with Crippen LogP contribution in [0.1, 0.15) is 20.7 Å². The first-order chi connectivity index (χ1) is 8.56. The van der Waals surface area contributed by atoms with Crippen LogP contribution in [0, 0.1) is 0 Å². The molecule has 0 amide bonds. The number of hydrogen-bond acceptors (Lipinski definition) is 5. The highest BCUT2D eigenvalue weighted by Crippen LogP contribution is 2.19. The maximum absolute atomic E-state index is 11.9. The number of methoxy groups -OCH3 is 1. The first-order valence-corrected chi connectivity index (χ1v) is 4.65. The second-order valence-electron chi connectivity index (χ2n) is 2.78. The van der Waals surface area contributed by atoms with Crippen LogP contribution in [0.4, 0.5) is 8.78 Å². The average Bonchev–Trinajstić information content (AvgIpc) is 2.38. The second-order valence-corrected chi connectivity index (χ2v) is 2.78. The number of aldehydes is 1. The Hall–Kier alpha value is -2.02. The van der Waals surface area contributed by atoms with Crippen LogP contribution < -0.4 is 4.74 Å². The molecule has 0 saturated carbocycles. The van der Waals surface area contributed by atoms with E-state index >= 15 is 0 Å². The van der Waals surface area contributed by atoms with Gasteiger partial charge in [-0.2, -0.15) is 8.78 Å². The van der Waals surface area contributed by atoms with Crippen molar-refractivity contribution in [2.45, 2.75) is 6.61 Å². The van der Waals surface area contributed by atoms with Crippen molar-refractivity contribution >= 4 is 12.3 Å². The topological polar surface area (TPSA) is 72.8 Å². The summed E-state index contributed by atoms with van der Waals surface area (Å²) in [5.74, 6) is -0.997. The number of ether oxygens (including phenoxy) is 2. The van der Waals surface area contributed by atoms with Gasteiger partial charge in [0.05, 0.1) is 12.7 Å². The molecule has 100 valence electrons. The molecule has 18 heavy (non-hydrogen) atoms. The van der Waals surface area contributed by atoms with E-state index in [4.69, 9.17) is 5.11 Å². The predicted octanol–water partition coefficient (Wildman–Crippen LogP) is 1.50. The Kier molecular flexibility index (Phi) is 7.22. The molecule has 5 nitrogen and oxygen atoms in total. The number of benzene rings is 1. The van der Waals surface area contributed by atoms with Gasteiger partial charge in [0.2, 0.25) is 0 Å². The maximum Gasteiger partial charge on any atom is 0.387 e. The van der Waals surface area contributed by atoms with Crippen LogP contribution in [0.3, 0.4) is 0 Å². The average molecular weight is 262 g/mol. The van der Waals surface area contributed by atoms with Crippen molar-refractivity contribution < 1.29 is 33.0 Å². The molecule has 0 atom stereocenters. The van der Waals surface area contributed by atoms with Crippen molar-refractivity contribution in [1.82, 2.24) is 0 Å². The van der Waals surface area contributed by atoms with Crippen molar-refractivity contribution in [2.75, 3.05) is 14.2 Å². The molecule has 0 fully saturated rings. The molecule has 0 heterocycles. The zero-order valence-electron chi connectivity index (χ0n) is 9.72. The third-order valence-electron chi connectivity index (χ3n) is 1.71. The molecule has 0 spiro atoms. The standard InChI is InChI=1S/C10H8F2O4.CH4O/c1-15-9(14)7-2-6(5-13)3-8(4-7)16-10(11)12;1-2/h2-5,10H,1H3;2H,1H3. The SMILES string of the molecule is CO.COC(=O)c1cc(C=O)cc(OC(F)F)c1. The Morgan fingerprint density at radius 3 is 2.39 bits per heavy atom. The fraction of sp³-hybridized carbons (Fsp3) is 0.273. The van der Waals surface area contributed by atoms with E-state index < -0.39 is 12.6 Å². The Balaban J connectivity index is 0.00000137. The van der Waals surface area contributed by atoms with Crippen LogP contribution in [-0.4, -0.2) is 38.2 Å². The number of esters is 1. The fourth-order valence-corrected chi connectivity index (χ4v) is 1.10. The van der Waals surface area contributed by atoms with Crippen LogP contribution in [0.25, 0.3) is 0 Å². The van der Waals surface area contributed by atoms with Crippen molar-refractivity contribution in [3.63, 3.8) is 0 Å². The summed E-state index contributed by atoms with van der Waals surface area (Å²) in [6.45, 7) is -3.02. The van der Waals surface area contributed by atoms with Gasteiger partial charge in [-0.1, -0.05) is 0 Å². The number of rotatable bonds is 4. The van der Waals surface area contributed by atoms with Gasteiger partial charge in [-0.25, -0.2) is 4.79 Å². The lowest BCUT2D eigenvalue weighted by Gasteiger charge is -2.07. The molecule has 7 heteroatoms. The van der Waals surface area contributed by atoms with Crippen molar-refractivity contribution in [1.29, 1.82) is 0 Å². The zero-order chi connectivity index (χ0) is 14.1. The first-order valence-electron chi connectivity index (χ1n) is 4.65. The molecule has 0 saturated heterocycles. The molecule has 0 radical (unpaired) electrons. The number of aliphatic hydroxyl groups excluding tert-OH is 1. The van der Waals surface area contributed by atoms with Crippen LogP contribution in [-0.2, 0) is 4.74 Å². The number of aliphatic hydroxyl groups is 1. The van der Waals surface area contributed by atoms with Gasteiger partial charge in [0, 0.05) is 12.7 Å². The Morgan fingerprint density at radius 1 is 1.33 bits per heavy atom. The summed E-state index contributed by atoms with van der Waals surface area (Å²) >= 11 is 0. The molecular weight excluding hydrogens is 250 g/mol. The minimum absolute atomic E-state index is 0.0252. The first kappa shape index (κ1) is 16.0. The number of hydrogen-bond donors (Lipinski definition) is 1. The van der Waals surface area contributed by atoms with Gasteiger partial charge in [0.25, 0.3) is 0 Å². The molecular formula is C11H12F2O5. The fourth-order valence-electron chi connectivity index (χ4n) is 1.10. The molecule has 0 aromatic heterocycles. The highest BCUT2D eigenvalue weighted by Gasteiger charge is 2.11. The van der Waals surface area contributed by atoms with Gasteiger partial charge < -0.3 is 14.6 Å². The minimum Gasteiger partial charge on any atom is -0.465 e. The van der Waals surface area contributed by atoms with E-state index in [1.807, 2.05) is 0 Å². The number of carbonyl (C=O) groups is 2. The molecule has 0 aliphatic rings. The summed E-state index contributed by atoms with van der Waals surface area (Å²) in [6.07, 6.45) is 0.421. The highest BCUT2D eigenvalue weighted by atomic mass is 19.3. The minimum atomic E-state index is -3.02. The lowest BCUT2D eigenvalue weighted by molar-refractivity contribution is -0.0499. The van der Waals surface area contributed by atoms with E-state index in [0.717, 1.165) is 26.4 Å². The van der Waals surface area contributed by atoms with Crippen LogP contribution >= 0.6 is 0 Å². The third kappa shape index (κ3) is 4.88. The predicted molar refractivity (Wildman–Crippen MR) is 57.9 cm³/mol. The van der Waals surface area contributed by atoms with Crippen LogP contribution in [0.5, 0.6) is 5.75 Å². The molecule has 1 rings (SSSR count). The van der Waals surface area contributed by atoms with Gasteiger partial charge >= 0.3 is 12.6 Å². The smallest absolute Gasteiger partial charge is 0.387 e. The quantitative estimate of drug-likeness (QED) is 0.657. The van der Waals surface area contributed by atoms with Crippen molar-refractivity contribution in [3.05, 3.63) is 29.3 Å². The van der Waals surface area contributed by atoms with Crippen LogP contribution in [0.15, 0.2) is 18.2 Å². The molecule has 1 N–H and O–H groups in total. The molecule has 0 aliphatic heterocycles. The third-order valence-corrected chi connectivity index (χ3v) is 1.71. The van der Waals surface area contributed by atoms with Crippen molar-refractivity contribution in [2.24, 2.45) is 0 Å². The summed E-state index contributed by atoms with van der Waals surface area (Å²) in [6, 6.07) is 3.40. The molecule has 0 bridgehead atoms. The number of halogens is 2. The van der Waals surface area contributed by atoms with Gasteiger partial charge in [0.15, 0.2) is 0 Å². The van der Waals surface area contributed by atoms with Gasteiger partial charge in [-0.15, -0.1) is 0 Å². The summed E-state index contributed by atoms with van der Waals surface area (Å²) < 4.78 is 32.4. The molecule has 0 unspecified atom stereocenters. The van der Waals surface area contributed by atoms with E-state index in [1.54, 1.807) is 0 Å². The summed E-state index contributed by atoms with van der Waals surface area (Å²) in [5.41, 5.74) is 0.0290. The summed E-state index contributed by atoms with van der Waals surface area (Å²) in [5, 5.41) is 7.00. The van der Waals surface area contributed by atoms with E-state index in [9.17, 15) is 18.4 Å². The molecule has 1 aromatic rings. The van der Waals surface area contributed by atoms with Gasteiger partial charge in [-0.05, 0) is 18.2 Å². The molecule has 1 aromatic carbocycles. The Morgan fingerprint density at radius 2 is 1.94 bits per heavy atom. The highest BCUT2D eigenvalue weighted by molar-refractivity contribution is 5.92. The van der Waals surface area contributed by atoms with E-state index in [0.29, 0.717) is 6.29 Å². The van der Waals surface area contributed by atoms with Gasteiger partial charge in [0.1, 0.15) is 12.0 Å². The lowest BCUT2D eigenvalue weighted by atomic mass is 10.1. The van der Waals surface area contributed by atoms with Gasteiger partial charge in [-0.3, -0.25) is 4.79 Å².